The van der Waals surface area contributed by atoms with Gasteiger partial charge >= 0.3 is 0 Å². The van der Waals surface area contributed by atoms with Gasteiger partial charge in [-0.25, -0.2) is 0 Å². The lowest BCUT2D eigenvalue weighted by atomic mass is 9.96. The van der Waals surface area contributed by atoms with Crippen molar-refractivity contribution in [3.63, 3.8) is 0 Å². The number of nitriles is 1. The first-order valence-corrected chi connectivity index (χ1v) is 11.2. The molecule has 1 aliphatic rings. The molecular formula is C24H21ClN2O3S. The molecule has 4 rings (SSSR count). The van der Waals surface area contributed by atoms with Crippen molar-refractivity contribution in [3.8, 4) is 17.6 Å². The van der Waals surface area contributed by atoms with Crippen molar-refractivity contribution >= 4 is 33.8 Å². The Bertz CT molecular complexity index is 1150. The van der Waals surface area contributed by atoms with E-state index in [1.165, 1.54) is 23.3 Å². The third-order valence-electron chi connectivity index (χ3n) is 5.24. The van der Waals surface area contributed by atoms with Crippen molar-refractivity contribution < 1.29 is 14.3 Å². The second-order valence-electron chi connectivity index (χ2n) is 7.26. The molecule has 0 bridgehead atoms. The Morgan fingerprint density at radius 2 is 1.94 bits per heavy atom. The average molecular weight is 453 g/mol. The van der Waals surface area contributed by atoms with E-state index in [0.29, 0.717) is 39.3 Å². The van der Waals surface area contributed by atoms with E-state index in [1.54, 1.807) is 18.2 Å². The first-order chi connectivity index (χ1) is 15.1. The Morgan fingerprint density at radius 1 is 1.16 bits per heavy atom. The van der Waals surface area contributed by atoms with Gasteiger partial charge in [-0.3, -0.25) is 4.79 Å². The summed E-state index contributed by atoms with van der Waals surface area (Å²) in [6.45, 7) is 0.353. The number of fused-ring (bicyclic) bond motifs is 1. The highest BCUT2D eigenvalue weighted by molar-refractivity contribution is 7.16. The van der Waals surface area contributed by atoms with Crippen molar-refractivity contribution in [3.05, 3.63) is 74.6 Å². The smallest absolute Gasteiger partial charge is 0.256 e. The molecule has 31 heavy (non-hydrogen) atoms. The second kappa shape index (κ2) is 9.42. The molecule has 3 aromatic rings. The summed E-state index contributed by atoms with van der Waals surface area (Å²) in [6.07, 6.45) is 4.08. The third kappa shape index (κ3) is 4.68. The zero-order chi connectivity index (χ0) is 21.8. The van der Waals surface area contributed by atoms with Crippen molar-refractivity contribution in [1.29, 1.82) is 5.26 Å². The number of aryl methyl sites for hydroxylation is 1. The van der Waals surface area contributed by atoms with Crippen LogP contribution in [0.1, 0.15) is 44.8 Å². The number of anilines is 1. The van der Waals surface area contributed by atoms with Gasteiger partial charge in [0.1, 0.15) is 17.7 Å². The van der Waals surface area contributed by atoms with Crippen molar-refractivity contribution in [2.45, 2.75) is 32.3 Å². The standard InChI is InChI=1S/C24H21ClN2O3S/c1-29-21-12-16(8-11-20(21)30-14-15-6-9-17(25)10-7-15)23(28)27-24-19(13-26)18-4-2-3-5-22(18)31-24/h6-12H,2-5,14H2,1H3,(H,27,28). The normalized spacial score (nSPS) is 12.5. The maximum Gasteiger partial charge on any atom is 0.256 e. The highest BCUT2D eigenvalue weighted by Crippen LogP contribution is 2.38. The van der Waals surface area contributed by atoms with Gasteiger partial charge in [-0.1, -0.05) is 23.7 Å². The molecule has 1 aliphatic carbocycles. The molecule has 1 aromatic heterocycles. The van der Waals surface area contributed by atoms with Crippen LogP contribution in [0.4, 0.5) is 5.00 Å². The first kappa shape index (κ1) is 21.2. The predicted octanol–water partition coefficient (Wildman–Crippen LogP) is 5.99. The lowest BCUT2D eigenvalue weighted by Gasteiger charge is -2.12. The number of nitrogens with zero attached hydrogens (tertiary/aromatic N) is 1. The van der Waals surface area contributed by atoms with Gasteiger partial charge in [0.05, 0.1) is 12.7 Å². The number of nitrogens with one attached hydrogen (secondary N) is 1. The Hall–Kier alpha value is -3.01. The summed E-state index contributed by atoms with van der Waals surface area (Å²) in [7, 11) is 1.53. The van der Waals surface area contributed by atoms with Gasteiger partial charge in [0.15, 0.2) is 11.5 Å². The van der Waals surface area contributed by atoms with E-state index in [4.69, 9.17) is 21.1 Å². The SMILES string of the molecule is COc1cc(C(=O)Nc2sc3c(c2C#N)CCCC3)ccc1OCc1ccc(Cl)cc1. The summed E-state index contributed by atoms with van der Waals surface area (Å²) in [6, 6.07) is 14.7. The molecule has 0 saturated carbocycles. The fraction of sp³-hybridized carbons (Fsp3) is 0.250. The molecule has 0 atom stereocenters. The number of thiophene rings is 1. The predicted molar refractivity (Wildman–Crippen MR) is 122 cm³/mol. The molecule has 5 nitrogen and oxygen atoms in total. The molecular weight excluding hydrogens is 432 g/mol. The second-order valence-corrected chi connectivity index (χ2v) is 8.80. The summed E-state index contributed by atoms with van der Waals surface area (Å²) >= 11 is 7.42. The molecule has 7 heteroatoms. The largest absolute Gasteiger partial charge is 0.493 e. The molecule has 1 amide bonds. The van der Waals surface area contributed by atoms with Gasteiger partial charge in [0.2, 0.25) is 0 Å². The van der Waals surface area contributed by atoms with Crippen molar-refractivity contribution in [2.75, 3.05) is 12.4 Å². The molecule has 0 saturated heterocycles. The van der Waals surface area contributed by atoms with Crippen LogP contribution in [0.15, 0.2) is 42.5 Å². The average Bonchev–Trinajstić information content (AvgIpc) is 3.15. The number of benzene rings is 2. The van der Waals surface area contributed by atoms with Crippen LogP contribution in [-0.2, 0) is 19.4 Å². The highest BCUT2D eigenvalue weighted by atomic mass is 35.5. The van der Waals surface area contributed by atoms with Crippen LogP contribution in [0.2, 0.25) is 5.02 Å². The fourth-order valence-corrected chi connectivity index (χ4v) is 4.98. The molecule has 0 radical (unpaired) electrons. The van der Waals surface area contributed by atoms with E-state index < -0.39 is 0 Å². The lowest BCUT2D eigenvalue weighted by molar-refractivity contribution is 0.102. The van der Waals surface area contributed by atoms with Gasteiger partial charge in [-0.2, -0.15) is 5.26 Å². The minimum absolute atomic E-state index is 0.280. The number of rotatable bonds is 6. The first-order valence-electron chi connectivity index (χ1n) is 10.0. The number of amides is 1. The van der Waals surface area contributed by atoms with Crippen LogP contribution >= 0.6 is 22.9 Å². The maximum absolute atomic E-state index is 12.9. The van der Waals surface area contributed by atoms with Crippen molar-refractivity contribution in [2.24, 2.45) is 0 Å². The van der Waals surface area contributed by atoms with E-state index in [0.717, 1.165) is 36.8 Å². The molecule has 0 aliphatic heterocycles. The Morgan fingerprint density at radius 3 is 2.68 bits per heavy atom. The van der Waals surface area contributed by atoms with E-state index in [2.05, 4.69) is 11.4 Å². The number of methoxy groups -OCH3 is 1. The minimum Gasteiger partial charge on any atom is -0.493 e. The van der Waals surface area contributed by atoms with Gasteiger partial charge in [-0.05, 0) is 67.1 Å². The molecule has 0 fully saturated rings. The quantitative estimate of drug-likeness (QED) is 0.498. The minimum atomic E-state index is -0.280. The van der Waals surface area contributed by atoms with E-state index in [9.17, 15) is 10.1 Å². The van der Waals surface area contributed by atoms with Gasteiger partial charge in [0.25, 0.3) is 5.91 Å². The maximum atomic E-state index is 12.9. The monoisotopic (exact) mass is 452 g/mol. The number of hydrogen-bond donors (Lipinski definition) is 1. The van der Waals surface area contributed by atoms with Gasteiger partial charge < -0.3 is 14.8 Å². The highest BCUT2D eigenvalue weighted by Gasteiger charge is 2.22. The van der Waals surface area contributed by atoms with Gasteiger partial charge in [-0.15, -0.1) is 11.3 Å². The number of carbonyl (C=O) groups is 1. The summed E-state index contributed by atoms with van der Waals surface area (Å²) in [4.78, 5) is 14.1. The summed E-state index contributed by atoms with van der Waals surface area (Å²) in [5, 5.41) is 13.8. The third-order valence-corrected chi connectivity index (χ3v) is 6.70. The Labute approximate surface area is 190 Å². The van der Waals surface area contributed by atoms with E-state index >= 15 is 0 Å². The van der Waals surface area contributed by atoms with E-state index in [-0.39, 0.29) is 5.91 Å². The number of ether oxygens (including phenoxy) is 2. The Balaban J connectivity index is 1.49. The van der Waals surface area contributed by atoms with Crippen LogP contribution in [0.25, 0.3) is 0 Å². The summed E-state index contributed by atoms with van der Waals surface area (Å²) < 4.78 is 11.3. The lowest BCUT2D eigenvalue weighted by Crippen LogP contribution is -2.12. The van der Waals surface area contributed by atoms with Crippen LogP contribution in [0.3, 0.4) is 0 Å². The van der Waals surface area contributed by atoms with Crippen LogP contribution in [0, 0.1) is 11.3 Å². The topological polar surface area (TPSA) is 71.3 Å². The molecule has 1 heterocycles. The zero-order valence-corrected chi connectivity index (χ0v) is 18.6. The number of hydrogen-bond acceptors (Lipinski definition) is 5. The molecule has 158 valence electrons. The summed E-state index contributed by atoms with van der Waals surface area (Å²) in [5.41, 5.74) is 3.10. The Kier molecular flexibility index (Phi) is 6.45. The molecule has 0 spiro atoms. The molecule has 1 N–H and O–H groups in total. The van der Waals surface area contributed by atoms with Crippen LogP contribution < -0.4 is 14.8 Å². The summed E-state index contributed by atoms with van der Waals surface area (Å²) in [5.74, 6) is 0.726. The van der Waals surface area contributed by atoms with Crippen molar-refractivity contribution in [1.82, 2.24) is 0 Å². The van der Waals surface area contributed by atoms with Crippen LogP contribution in [-0.4, -0.2) is 13.0 Å². The molecule has 2 aromatic carbocycles. The molecule has 0 unspecified atom stereocenters. The van der Waals surface area contributed by atoms with E-state index in [1.807, 2.05) is 24.3 Å². The van der Waals surface area contributed by atoms with Gasteiger partial charge in [0, 0.05) is 15.5 Å². The van der Waals surface area contributed by atoms with Crippen LogP contribution in [0.5, 0.6) is 11.5 Å². The zero-order valence-electron chi connectivity index (χ0n) is 17.0. The number of carbonyl (C=O) groups excluding carboxylic acids is 1. The fourth-order valence-electron chi connectivity index (χ4n) is 3.62. The number of halogens is 1.